The number of hydrogen-bond acceptors (Lipinski definition) is 2. The van der Waals surface area contributed by atoms with Crippen molar-refractivity contribution in [3.05, 3.63) is 42.5 Å². The molecule has 0 saturated carbocycles. The molecule has 4 heteroatoms. The molecule has 0 aromatic heterocycles. The number of likely N-dealkylation sites (tertiary alicyclic amines) is 1. The molecule has 0 spiro atoms. The number of hydrogen-bond donors (Lipinski definition) is 1. The Morgan fingerprint density at radius 1 is 1.17 bits per heavy atom. The molecule has 0 aliphatic carbocycles. The van der Waals surface area contributed by atoms with Gasteiger partial charge in [0.1, 0.15) is 0 Å². The van der Waals surface area contributed by atoms with Gasteiger partial charge in [0, 0.05) is 18.5 Å². The van der Waals surface area contributed by atoms with Crippen LogP contribution in [0.15, 0.2) is 42.5 Å². The van der Waals surface area contributed by atoms with Gasteiger partial charge in [-0.2, -0.15) is 0 Å². The van der Waals surface area contributed by atoms with Gasteiger partial charge in [-0.1, -0.05) is 36.4 Å². The summed E-state index contributed by atoms with van der Waals surface area (Å²) in [6.45, 7) is 7.52. The highest BCUT2D eigenvalue weighted by Crippen LogP contribution is 2.24. The predicted molar refractivity (Wildman–Crippen MR) is 93.8 cm³/mol. The summed E-state index contributed by atoms with van der Waals surface area (Å²) in [4.78, 5) is 14.4. The Kier molecular flexibility index (Phi) is 4.26. The SMILES string of the molecule is CC(C)(C)O[C@@H]1CCN(C(=O)Nc2cccc3ccccc23)C1. The number of carbonyl (C=O) groups is 1. The Hall–Kier alpha value is -2.07. The highest BCUT2D eigenvalue weighted by atomic mass is 16.5. The van der Waals surface area contributed by atoms with Crippen molar-refractivity contribution in [1.82, 2.24) is 4.90 Å². The Morgan fingerprint density at radius 3 is 2.70 bits per heavy atom. The molecule has 1 N–H and O–H groups in total. The van der Waals surface area contributed by atoms with Gasteiger partial charge in [-0.05, 0) is 38.6 Å². The van der Waals surface area contributed by atoms with Gasteiger partial charge in [0.05, 0.1) is 17.4 Å². The summed E-state index contributed by atoms with van der Waals surface area (Å²) in [6.07, 6.45) is 1.01. The molecule has 1 saturated heterocycles. The third kappa shape index (κ3) is 3.82. The molecule has 3 rings (SSSR count). The van der Waals surface area contributed by atoms with Crippen molar-refractivity contribution >= 4 is 22.5 Å². The average Bonchev–Trinajstić information content (AvgIpc) is 2.94. The van der Waals surface area contributed by atoms with Crippen molar-refractivity contribution in [1.29, 1.82) is 0 Å². The van der Waals surface area contributed by atoms with Crippen molar-refractivity contribution in [2.24, 2.45) is 0 Å². The molecule has 1 heterocycles. The van der Waals surface area contributed by atoms with E-state index in [1.807, 2.05) is 68.1 Å². The highest BCUT2D eigenvalue weighted by molar-refractivity contribution is 6.01. The van der Waals surface area contributed by atoms with Gasteiger partial charge in [-0.25, -0.2) is 4.79 Å². The standard InChI is InChI=1S/C19H24N2O2/c1-19(2,3)23-15-11-12-21(13-15)18(22)20-17-10-6-8-14-7-4-5-9-16(14)17/h4-10,15H,11-13H2,1-3H3,(H,20,22)/t15-/m1/s1. The van der Waals surface area contributed by atoms with Crippen molar-refractivity contribution in [3.63, 3.8) is 0 Å². The molecule has 0 bridgehead atoms. The van der Waals surface area contributed by atoms with E-state index in [1.54, 1.807) is 0 Å². The molecule has 4 nitrogen and oxygen atoms in total. The summed E-state index contributed by atoms with van der Waals surface area (Å²) < 4.78 is 5.98. The fraction of sp³-hybridized carbons (Fsp3) is 0.421. The van der Waals surface area contributed by atoms with Crippen LogP contribution in [0, 0.1) is 0 Å². The van der Waals surface area contributed by atoms with Crippen LogP contribution < -0.4 is 5.32 Å². The fourth-order valence-corrected chi connectivity index (χ4v) is 3.04. The lowest BCUT2D eigenvalue weighted by Crippen LogP contribution is -2.35. The summed E-state index contributed by atoms with van der Waals surface area (Å²) in [5.74, 6) is 0. The van der Waals surface area contributed by atoms with Crippen LogP contribution >= 0.6 is 0 Å². The van der Waals surface area contributed by atoms with Gasteiger partial charge in [-0.3, -0.25) is 0 Å². The van der Waals surface area contributed by atoms with E-state index >= 15 is 0 Å². The van der Waals surface area contributed by atoms with Crippen molar-refractivity contribution < 1.29 is 9.53 Å². The molecule has 1 aliphatic rings. The van der Waals surface area contributed by atoms with E-state index in [0.29, 0.717) is 6.54 Å². The number of fused-ring (bicyclic) bond motifs is 1. The van der Waals surface area contributed by atoms with Gasteiger partial charge in [0.15, 0.2) is 0 Å². The van der Waals surface area contributed by atoms with Gasteiger partial charge in [0.2, 0.25) is 0 Å². The lowest BCUT2D eigenvalue weighted by atomic mass is 10.1. The minimum Gasteiger partial charge on any atom is -0.371 e. The molecule has 2 amide bonds. The summed E-state index contributed by atoms with van der Waals surface area (Å²) in [5.41, 5.74) is 0.681. The monoisotopic (exact) mass is 312 g/mol. The molecule has 1 fully saturated rings. The molecule has 1 atom stereocenters. The fourth-order valence-electron chi connectivity index (χ4n) is 3.04. The van der Waals surface area contributed by atoms with E-state index in [1.165, 1.54) is 0 Å². The van der Waals surface area contributed by atoms with Gasteiger partial charge in [-0.15, -0.1) is 0 Å². The zero-order valence-electron chi connectivity index (χ0n) is 14.0. The zero-order chi connectivity index (χ0) is 16.4. The molecule has 122 valence electrons. The van der Waals surface area contributed by atoms with Crippen LogP contribution in [0.2, 0.25) is 0 Å². The smallest absolute Gasteiger partial charge is 0.321 e. The highest BCUT2D eigenvalue weighted by Gasteiger charge is 2.29. The van der Waals surface area contributed by atoms with Crippen molar-refractivity contribution in [2.45, 2.75) is 38.9 Å². The Morgan fingerprint density at radius 2 is 1.91 bits per heavy atom. The van der Waals surface area contributed by atoms with Crippen LogP contribution in [0.3, 0.4) is 0 Å². The lowest BCUT2D eigenvalue weighted by molar-refractivity contribution is -0.0526. The maximum Gasteiger partial charge on any atom is 0.321 e. The second kappa shape index (κ2) is 6.20. The van der Waals surface area contributed by atoms with E-state index < -0.39 is 0 Å². The second-order valence-corrected chi connectivity index (χ2v) is 7.04. The summed E-state index contributed by atoms with van der Waals surface area (Å²) in [7, 11) is 0. The molecule has 2 aromatic rings. The number of rotatable bonds is 2. The van der Waals surface area contributed by atoms with Crippen molar-refractivity contribution in [3.8, 4) is 0 Å². The number of amides is 2. The van der Waals surface area contributed by atoms with E-state index in [-0.39, 0.29) is 17.7 Å². The predicted octanol–water partition coefficient (Wildman–Crippen LogP) is 4.26. The van der Waals surface area contributed by atoms with Crippen molar-refractivity contribution in [2.75, 3.05) is 18.4 Å². The zero-order valence-corrected chi connectivity index (χ0v) is 14.0. The van der Waals surface area contributed by atoms with E-state index in [2.05, 4.69) is 5.32 Å². The number of carbonyl (C=O) groups excluding carboxylic acids is 1. The maximum absolute atomic E-state index is 12.5. The molecule has 23 heavy (non-hydrogen) atoms. The lowest BCUT2D eigenvalue weighted by Gasteiger charge is -2.25. The number of anilines is 1. The average molecular weight is 312 g/mol. The minimum atomic E-state index is -0.174. The molecule has 0 radical (unpaired) electrons. The molecule has 2 aromatic carbocycles. The third-order valence-electron chi connectivity index (χ3n) is 3.98. The quantitative estimate of drug-likeness (QED) is 0.900. The van der Waals surface area contributed by atoms with Gasteiger partial charge in [0.25, 0.3) is 0 Å². The van der Waals surface area contributed by atoms with Gasteiger partial charge < -0.3 is 15.0 Å². The number of nitrogens with zero attached hydrogens (tertiary/aromatic N) is 1. The largest absolute Gasteiger partial charge is 0.371 e. The molecular weight excluding hydrogens is 288 g/mol. The number of urea groups is 1. The maximum atomic E-state index is 12.5. The van der Waals surface area contributed by atoms with Crippen LogP contribution in [-0.4, -0.2) is 35.7 Å². The van der Waals surface area contributed by atoms with Gasteiger partial charge >= 0.3 is 6.03 Å². The van der Waals surface area contributed by atoms with E-state index in [9.17, 15) is 4.79 Å². The first-order chi connectivity index (χ1) is 10.9. The first-order valence-electron chi connectivity index (χ1n) is 8.14. The number of ether oxygens (including phenoxy) is 1. The van der Waals surface area contributed by atoms with Crippen LogP contribution in [0.5, 0.6) is 0 Å². The third-order valence-corrected chi connectivity index (χ3v) is 3.98. The van der Waals surface area contributed by atoms with Crippen LogP contribution in [0.4, 0.5) is 10.5 Å². The minimum absolute atomic E-state index is 0.0543. The Labute approximate surface area is 137 Å². The van der Waals surface area contributed by atoms with Crippen LogP contribution in [0.25, 0.3) is 10.8 Å². The topological polar surface area (TPSA) is 41.6 Å². The number of nitrogens with one attached hydrogen (secondary N) is 1. The van der Waals surface area contributed by atoms with Crippen LogP contribution in [0.1, 0.15) is 27.2 Å². The second-order valence-electron chi connectivity index (χ2n) is 7.04. The Bertz CT molecular complexity index is 701. The molecule has 1 aliphatic heterocycles. The normalized spacial score (nSPS) is 18.4. The molecule has 0 unspecified atom stereocenters. The first kappa shape index (κ1) is 15.8. The number of benzene rings is 2. The van der Waals surface area contributed by atoms with E-state index in [4.69, 9.17) is 4.74 Å². The first-order valence-corrected chi connectivity index (χ1v) is 8.14. The Balaban J connectivity index is 1.68. The van der Waals surface area contributed by atoms with Crippen LogP contribution in [-0.2, 0) is 4.74 Å². The molecular formula is C19H24N2O2. The van der Waals surface area contributed by atoms with E-state index in [0.717, 1.165) is 29.4 Å². The summed E-state index contributed by atoms with van der Waals surface area (Å²) in [5, 5.41) is 5.23. The summed E-state index contributed by atoms with van der Waals surface area (Å²) >= 11 is 0. The summed E-state index contributed by atoms with van der Waals surface area (Å²) in [6, 6.07) is 14.0.